The van der Waals surface area contributed by atoms with E-state index in [4.69, 9.17) is 9.15 Å². The second kappa shape index (κ2) is 10.4. The van der Waals surface area contributed by atoms with Gasteiger partial charge < -0.3 is 14.5 Å². The van der Waals surface area contributed by atoms with E-state index >= 15 is 0 Å². The lowest BCUT2D eigenvalue weighted by Gasteiger charge is -2.11. The highest BCUT2D eigenvalue weighted by atomic mass is 32.2. The zero-order chi connectivity index (χ0) is 23.2. The fourth-order valence-electron chi connectivity index (χ4n) is 3.35. The molecule has 33 heavy (non-hydrogen) atoms. The van der Waals surface area contributed by atoms with Crippen molar-refractivity contribution in [3.63, 3.8) is 0 Å². The van der Waals surface area contributed by atoms with Crippen molar-refractivity contribution >= 4 is 23.4 Å². The fourth-order valence-corrected chi connectivity index (χ4v) is 4.10. The van der Waals surface area contributed by atoms with Crippen molar-refractivity contribution in [3.8, 4) is 23.0 Å². The Morgan fingerprint density at radius 3 is 2.52 bits per heavy atom. The monoisotopic (exact) mass is 462 g/mol. The molecule has 2 heterocycles. The number of nitrogens with zero attached hydrogens (tertiary/aromatic N) is 3. The van der Waals surface area contributed by atoms with Crippen LogP contribution in [-0.2, 0) is 4.79 Å². The van der Waals surface area contributed by atoms with Crippen molar-refractivity contribution < 1.29 is 13.9 Å². The maximum Gasteiger partial charge on any atom is 0.234 e. The number of benzene rings is 2. The number of hydrogen-bond donors (Lipinski definition) is 1. The van der Waals surface area contributed by atoms with Crippen molar-refractivity contribution in [1.82, 2.24) is 14.8 Å². The number of carbonyl (C=O) groups excluding carboxylic acids is 1. The zero-order valence-electron chi connectivity index (χ0n) is 18.8. The van der Waals surface area contributed by atoms with Gasteiger partial charge in [0.05, 0.1) is 24.8 Å². The Hall–Kier alpha value is -3.52. The van der Waals surface area contributed by atoms with E-state index in [9.17, 15) is 4.79 Å². The summed E-state index contributed by atoms with van der Waals surface area (Å²) in [5.41, 5.74) is 2.89. The predicted octanol–water partition coefficient (Wildman–Crippen LogP) is 5.78. The first-order valence-electron chi connectivity index (χ1n) is 10.8. The molecule has 0 aliphatic rings. The first-order valence-corrected chi connectivity index (χ1v) is 11.7. The topological polar surface area (TPSA) is 82.2 Å². The molecule has 0 bridgehead atoms. The van der Waals surface area contributed by atoms with Crippen LogP contribution < -0.4 is 10.1 Å². The molecule has 0 saturated carbocycles. The Bertz CT molecular complexity index is 1190. The molecule has 4 rings (SSSR count). The molecule has 0 aliphatic heterocycles. The lowest BCUT2D eigenvalue weighted by molar-refractivity contribution is -0.113. The Labute approximate surface area is 197 Å². The molecular weight excluding hydrogens is 436 g/mol. The highest BCUT2D eigenvalue weighted by molar-refractivity contribution is 7.99. The number of hydrogen-bond acceptors (Lipinski definition) is 6. The first kappa shape index (κ1) is 22.7. The smallest absolute Gasteiger partial charge is 0.234 e. The Kier molecular flexibility index (Phi) is 7.14. The van der Waals surface area contributed by atoms with Crippen LogP contribution in [0.1, 0.15) is 31.7 Å². The summed E-state index contributed by atoms with van der Waals surface area (Å²) in [6.07, 6.45) is 2.67. The summed E-state index contributed by atoms with van der Waals surface area (Å²) in [5, 5.41) is 12.2. The normalized spacial score (nSPS) is 11.8. The number of methoxy groups -OCH3 is 1. The summed E-state index contributed by atoms with van der Waals surface area (Å²) in [6, 6.07) is 19.2. The summed E-state index contributed by atoms with van der Waals surface area (Å²) >= 11 is 1.31. The molecule has 0 saturated heterocycles. The van der Waals surface area contributed by atoms with E-state index in [2.05, 4.69) is 41.5 Å². The van der Waals surface area contributed by atoms with E-state index in [1.165, 1.54) is 17.3 Å². The molecule has 0 spiro atoms. The standard InChI is InChI=1S/C25H26N4O3S/c1-4-17(2)18-7-9-19(10-8-18)26-23(30)16-33-25-28-27-24(22-6-5-15-32-22)29(25)20-11-13-21(31-3)14-12-20/h5-15,17H,4,16H2,1-3H3,(H,26,30). The van der Waals surface area contributed by atoms with Crippen LogP contribution in [0, 0.1) is 0 Å². The van der Waals surface area contributed by atoms with Crippen molar-refractivity contribution in [2.75, 3.05) is 18.2 Å². The van der Waals surface area contributed by atoms with Crippen LogP contribution in [0.25, 0.3) is 17.3 Å². The minimum absolute atomic E-state index is 0.111. The number of rotatable bonds is 9. The second-order valence-electron chi connectivity index (χ2n) is 7.59. The van der Waals surface area contributed by atoms with Crippen LogP contribution in [0.5, 0.6) is 5.75 Å². The van der Waals surface area contributed by atoms with Crippen LogP contribution >= 0.6 is 11.8 Å². The predicted molar refractivity (Wildman–Crippen MR) is 130 cm³/mol. The van der Waals surface area contributed by atoms with Crippen LogP contribution in [0.15, 0.2) is 76.5 Å². The molecule has 170 valence electrons. The fraction of sp³-hybridized carbons (Fsp3) is 0.240. The first-order chi connectivity index (χ1) is 16.1. The molecule has 1 atom stereocenters. The average molecular weight is 463 g/mol. The molecule has 0 fully saturated rings. The third-order valence-corrected chi connectivity index (χ3v) is 6.34. The third kappa shape index (κ3) is 5.28. The van der Waals surface area contributed by atoms with E-state index in [0.717, 1.165) is 23.5 Å². The highest BCUT2D eigenvalue weighted by Crippen LogP contribution is 2.29. The molecule has 7 nitrogen and oxygen atoms in total. The van der Waals surface area contributed by atoms with E-state index in [1.807, 2.05) is 47.0 Å². The van der Waals surface area contributed by atoms with Gasteiger partial charge >= 0.3 is 0 Å². The molecule has 1 amide bonds. The molecule has 0 radical (unpaired) electrons. The van der Waals surface area contributed by atoms with Gasteiger partial charge in [0.1, 0.15) is 5.75 Å². The molecular formula is C25H26N4O3S. The van der Waals surface area contributed by atoms with Crippen LogP contribution in [0.4, 0.5) is 5.69 Å². The molecule has 4 aromatic rings. The largest absolute Gasteiger partial charge is 0.497 e. The average Bonchev–Trinajstić information content (AvgIpc) is 3.53. The van der Waals surface area contributed by atoms with E-state index in [-0.39, 0.29) is 11.7 Å². The number of thioether (sulfide) groups is 1. The van der Waals surface area contributed by atoms with Gasteiger partial charge in [-0.1, -0.05) is 37.7 Å². The van der Waals surface area contributed by atoms with Crippen molar-refractivity contribution in [2.24, 2.45) is 0 Å². The highest BCUT2D eigenvalue weighted by Gasteiger charge is 2.19. The Morgan fingerprint density at radius 1 is 1.12 bits per heavy atom. The SMILES string of the molecule is CCC(C)c1ccc(NC(=O)CSc2nnc(-c3ccco3)n2-c2ccc(OC)cc2)cc1. The summed E-state index contributed by atoms with van der Waals surface area (Å²) in [6.45, 7) is 4.36. The maximum absolute atomic E-state index is 12.6. The van der Waals surface area contributed by atoms with Crippen LogP contribution in [-0.4, -0.2) is 33.5 Å². The van der Waals surface area contributed by atoms with Gasteiger partial charge in [-0.2, -0.15) is 0 Å². The van der Waals surface area contributed by atoms with Crippen molar-refractivity contribution in [3.05, 3.63) is 72.5 Å². The minimum Gasteiger partial charge on any atom is -0.497 e. The van der Waals surface area contributed by atoms with Gasteiger partial charge in [-0.05, 0) is 66.4 Å². The van der Waals surface area contributed by atoms with Gasteiger partial charge in [-0.25, -0.2) is 0 Å². The number of furan rings is 1. The Morgan fingerprint density at radius 2 is 1.88 bits per heavy atom. The number of nitrogens with one attached hydrogen (secondary N) is 1. The van der Waals surface area contributed by atoms with Crippen LogP contribution in [0.2, 0.25) is 0 Å². The number of carbonyl (C=O) groups is 1. The van der Waals surface area contributed by atoms with Gasteiger partial charge in [0.25, 0.3) is 0 Å². The molecule has 2 aromatic carbocycles. The van der Waals surface area contributed by atoms with Gasteiger partial charge in [0, 0.05) is 5.69 Å². The minimum atomic E-state index is -0.111. The summed E-state index contributed by atoms with van der Waals surface area (Å²) in [7, 11) is 1.62. The number of anilines is 1. The molecule has 1 N–H and O–H groups in total. The zero-order valence-corrected chi connectivity index (χ0v) is 19.6. The summed E-state index contributed by atoms with van der Waals surface area (Å²) < 4.78 is 12.7. The maximum atomic E-state index is 12.6. The third-order valence-electron chi connectivity index (χ3n) is 5.41. The van der Waals surface area contributed by atoms with E-state index in [1.54, 1.807) is 19.4 Å². The van der Waals surface area contributed by atoms with E-state index < -0.39 is 0 Å². The molecule has 1 unspecified atom stereocenters. The van der Waals surface area contributed by atoms with Gasteiger partial charge in [-0.15, -0.1) is 10.2 Å². The van der Waals surface area contributed by atoms with Gasteiger partial charge in [0.15, 0.2) is 10.9 Å². The van der Waals surface area contributed by atoms with Crippen LogP contribution in [0.3, 0.4) is 0 Å². The van der Waals surface area contributed by atoms with Gasteiger partial charge in [-0.3, -0.25) is 9.36 Å². The van der Waals surface area contributed by atoms with Crippen molar-refractivity contribution in [1.29, 1.82) is 0 Å². The van der Waals surface area contributed by atoms with Gasteiger partial charge in [0.2, 0.25) is 11.7 Å². The Balaban J connectivity index is 1.50. The van der Waals surface area contributed by atoms with E-state index in [0.29, 0.717) is 22.7 Å². The molecule has 2 aromatic heterocycles. The lowest BCUT2D eigenvalue weighted by Crippen LogP contribution is -2.14. The number of ether oxygens (including phenoxy) is 1. The number of aromatic nitrogens is 3. The summed E-state index contributed by atoms with van der Waals surface area (Å²) in [4.78, 5) is 12.6. The quantitative estimate of drug-likeness (QED) is 0.318. The lowest BCUT2D eigenvalue weighted by atomic mass is 9.99. The summed E-state index contributed by atoms with van der Waals surface area (Å²) in [5.74, 6) is 2.49. The second-order valence-corrected chi connectivity index (χ2v) is 8.53. The molecule has 8 heteroatoms. The number of amides is 1. The molecule has 0 aliphatic carbocycles. The van der Waals surface area contributed by atoms with Crippen molar-refractivity contribution in [2.45, 2.75) is 31.3 Å².